The Labute approximate surface area is 144 Å². The lowest BCUT2D eigenvalue weighted by Crippen LogP contribution is -2.28. The van der Waals surface area contributed by atoms with E-state index in [9.17, 15) is 0 Å². The van der Waals surface area contributed by atoms with Crippen LogP contribution in [0.4, 0.5) is 0 Å². The second-order valence-electron chi connectivity index (χ2n) is 7.25. The van der Waals surface area contributed by atoms with Crippen molar-refractivity contribution in [3.63, 3.8) is 0 Å². The molecule has 24 heavy (non-hydrogen) atoms. The fraction of sp³-hybridized carbons (Fsp3) is 0.429. The van der Waals surface area contributed by atoms with Crippen molar-refractivity contribution in [2.45, 2.75) is 13.1 Å². The molecule has 2 atom stereocenters. The van der Waals surface area contributed by atoms with Crippen LogP contribution in [0.15, 0.2) is 54.6 Å². The Hall–Kier alpha value is -1.84. The summed E-state index contributed by atoms with van der Waals surface area (Å²) < 4.78 is 5.34. The van der Waals surface area contributed by atoms with Gasteiger partial charge in [-0.1, -0.05) is 42.5 Å². The third-order valence-corrected chi connectivity index (χ3v) is 5.43. The molecule has 2 unspecified atom stereocenters. The second-order valence-corrected chi connectivity index (χ2v) is 7.25. The molecule has 0 saturated carbocycles. The molecule has 0 aromatic heterocycles. The van der Waals surface area contributed by atoms with E-state index < -0.39 is 0 Å². The number of fused-ring (bicyclic) bond motifs is 1. The Morgan fingerprint density at radius 1 is 0.792 bits per heavy atom. The number of hydrogen-bond donors (Lipinski definition) is 0. The van der Waals surface area contributed by atoms with E-state index in [1.54, 1.807) is 7.11 Å². The van der Waals surface area contributed by atoms with E-state index in [2.05, 4.69) is 58.3 Å². The highest BCUT2D eigenvalue weighted by Gasteiger charge is 2.39. The first-order valence-electron chi connectivity index (χ1n) is 8.92. The number of benzene rings is 2. The van der Waals surface area contributed by atoms with E-state index in [0.717, 1.165) is 30.7 Å². The lowest BCUT2D eigenvalue weighted by atomic mass is 10.0. The van der Waals surface area contributed by atoms with Gasteiger partial charge in [0.15, 0.2) is 0 Å². The zero-order valence-electron chi connectivity index (χ0n) is 14.4. The van der Waals surface area contributed by atoms with Gasteiger partial charge in [-0.05, 0) is 35.1 Å². The second kappa shape index (κ2) is 6.96. The predicted molar refractivity (Wildman–Crippen MR) is 97.0 cm³/mol. The molecule has 2 aliphatic rings. The zero-order chi connectivity index (χ0) is 16.4. The average molecular weight is 322 g/mol. The standard InChI is InChI=1S/C21H26N2O/c1-24-21-9-5-8-18(10-21)12-23-15-19-13-22(14-20(19)16-23)11-17-6-3-2-4-7-17/h2-10,19-20H,11-16H2,1H3. The van der Waals surface area contributed by atoms with Crippen LogP contribution in [-0.4, -0.2) is 43.1 Å². The van der Waals surface area contributed by atoms with Gasteiger partial charge in [-0.15, -0.1) is 0 Å². The summed E-state index contributed by atoms with van der Waals surface area (Å²) in [6, 6.07) is 19.3. The van der Waals surface area contributed by atoms with Gasteiger partial charge >= 0.3 is 0 Å². The molecule has 0 spiro atoms. The molecule has 3 heteroatoms. The normalized spacial score (nSPS) is 24.2. The average Bonchev–Trinajstić information content (AvgIpc) is 3.13. The van der Waals surface area contributed by atoms with Gasteiger partial charge in [-0.2, -0.15) is 0 Å². The fourth-order valence-corrected chi connectivity index (χ4v) is 4.32. The number of ether oxygens (including phenoxy) is 1. The molecule has 126 valence electrons. The van der Waals surface area contributed by atoms with E-state index in [1.165, 1.54) is 37.3 Å². The molecule has 2 saturated heterocycles. The van der Waals surface area contributed by atoms with E-state index in [-0.39, 0.29) is 0 Å². The molecule has 0 amide bonds. The first-order chi connectivity index (χ1) is 11.8. The van der Waals surface area contributed by atoms with E-state index in [1.807, 2.05) is 6.07 Å². The van der Waals surface area contributed by atoms with E-state index in [4.69, 9.17) is 4.74 Å². The zero-order valence-corrected chi connectivity index (χ0v) is 14.4. The summed E-state index contributed by atoms with van der Waals surface area (Å²) in [5.74, 6) is 2.62. The highest BCUT2D eigenvalue weighted by atomic mass is 16.5. The van der Waals surface area contributed by atoms with Crippen molar-refractivity contribution in [1.29, 1.82) is 0 Å². The van der Waals surface area contributed by atoms with Crippen LogP contribution in [0.3, 0.4) is 0 Å². The number of methoxy groups -OCH3 is 1. The third-order valence-electron chi connectivity index (χ3n) is 5.43. The molecule has 4 rings (SSSR count). The monoisotopic (exact) mass is 322 g/mol. The number of rotatable bonds is 5. The third kappa shape index (κ3) is 3.47. The summed E-state index contributed by atoms with van der Waals surface area (Å²) in [5, 5.41) is 0. The van der Waals surface area contributed by atoms with Crippen molar-refractivity contribution in [2.75, 3.05) is 33.3 Å². The highest BCUT2D eigenvalue weighted by molar-refractivity contribution is 5.28. The summed E-state index contributed by atoms with van der Waals surface area (Å²) in [4.78, 5) is 5.25. The minimum atomic E-state index is 0.833. The van der Waals surface area contributed by atoms with Crippen molar-refractivity contribution in [3.05, 3.63) is 65.7 Å². The number of hydrogen-bond acceptors (Lipinski definition) is 3. The van der Waals surface area contributed by atoms with Crippen LogP contribution in [0, 0.1) is 11.8 Å². The van der Waals surface area contributed by atoms with Gasteiger partial charge in [0.05, 0.1) is 7.11 Å². The first-order valence-corrected chi connectivity index (χ1v) is 8.92. The summed E-state index contributed by atoms with van der Waals surface area (Å²) >= 11 is 0. The van der Waals surface area contributed by atoms with Gasteiger partial charge in [0.2, 0.25) is 0 Å². The van der Waals surface area contributed by atoms with Gasteiger partial charge in [0.25, 0.3) is 0 Å². The van der Waals surface area contributed by atoms with Crippen molar-refractivity contribution >= 4 is 0 Å². The van der Waals surface area contributed by atoms with Gasteiger partial charge in [0.1, 0.15) is 5.75 Å². The molecule has 2 fully saturated rings. The maximum Gasteiger partial charge on any atom is 0.119 e. The first kappa shape index (κ1) is 15.7. The molecule has 3 nitrogen and oxygen atoms in total. The number of likely N-dealkylation sites (tertiary alicyclic amines) is 2. The SMILES string of the molecule is COc1cccc(CN2CC3CN(Cc4ccccc4)CC3C2)c1. The van der Waals surface area contributed by atoms with Crippen LogP contribution in [0.25, 0.3) is 0 Å². The quantitative estimate of drug-likeness (QED) is 0.840. The Morgan fingerprint density at radius 2 is 1.38 bits per heavy atom. The van der Waals surface area contributed by atoms with Crippen LogP contribution in [-0.2, 0) is 13.1 Å². The Morgan fingerprint density at radius 3 is 2.00 bits per heavy atom. The lowest BCUT2D eigenvalue weighted by Gasteiger charge is -2.21. The molecule has 2 aromatic carbocycles. The van der Waals surface area contributed by atoms with Crippen LogP contribution in [0.5, 0.6) is 5.75 Å². The smallest absolute Gasteiger partial charge is 0.119 e. The van der Waals surface area contributed by atoms with Crippen LogP contribution < -0.4 is 4.74 Å². The Kier molecular flexibility index (Phi) is 4.54. The Balaban J connectivity index is 1.31. The van der Waals surface area contributed by atoms with Crippen LogP contribution in [0.2, 0.25) is 0 Å². The molecular weight excluding hydrogens is 296 g/mol. The fourth-order valence-electron chi connectivity index (χ4n) is 4.32. The van der Waals surface area contributed by atoms with Crippen molar-refractivity contribution in [1.82, 2.24) is 9.80 Å². The summed E-state index contributed by atoms with van der Waals surface area (Å²) in [6.07, 6.45) is 0. The van der Waals surface area contributed by atoms with Gasteiger partial charge in [-0.3, -0.25) is 9.80 Å². The molecule has 2 aliphatic heterocycles. The van der Waals surface area contributed by atoms with E-state index >= 15 is 0 Å². The molecule has 0 aliphatic carbocycles. The molecule has 2 aromatic rings. The van der Waals surface area contributed by atoms with Crippen molar-refractivity contribution < 1.29 is 4.74 Å². The minimum Gasteiger partial charge on any atom is -0.497 e. The van der Waals surface area contributed by atoms with Gasteiger partial charge in [-0.25, -0.2) is 0 Å². The summed E-state index contributed by atoms with van der Waals surface area (Å²) in [7, 11) is 1.74. The Bertz CT molecular complexity index is 659. The number of nitrogens with zero attached hydrogens (tertiary/aromatic N) is 2. The topological polar surface area (TPSA) is 15.7 Å². The summed E-state index contributed by atoms with van der Waals surface area (Å²) in [5.41, 5.74) is 2.79. The van der Waals surface area contributed by atoms with Gasteiger partial charge in [0, 0.05) is 39.3 Å². The van der Waals surface area contributed by atoms with Crippen LogP contribution >= 0.6 is 0 Å². The molecule has 0 bridgehead atoms. The highest BCUT2D eigenvalue weighted by Crippen LogP contribution is 2.32. The van der Waals surface area contributed by atoms with Gasteiger partial charge < -0.3 is 4.74 Å². The maximum atomic E-state index is 5.34. The van der Waals surface area contributed by atoms with Crippen molar-refractivity contribution in [2.24, 2.45) is 11.8 Å². The van der Waals surface area contributed by atoms with E-state index in [0.29, 0.717) is 0 Å². The minimum absolute atomic E-state index is 0.833. The lowest BCUT2D eigenvalue weighted by molar-refractivity contribution is 0.246. The van der Waals surface area contributed by atoms with Crippen LogP contribution in [0.1, 0.15) is 11.1 Å². The predicted octanol–water partition coefficient (Wildman–Crippen LogP) is 3.26. The molecule has 0 N–H and O–H groups in total. The largest absolute Gasteiger partial charge is 0.497 e. The molecule has 0 radical (unpaired) electrons. The maximum absolute atomic E-state index is 5.34. The molecular formula is C21H26N2O. The summed E-state index contributed by atoms with van der Waals surface area (Å²) in [6.45, 7) is 7.09. The van der Waals surface area contributed by atoms with Crippen molar-refractivity contribution in [3.8, 4) is 5.75 Å². The molecule has 2 heterocycles.